The predicted octanol–water partition coefficient (Wildman–Crippen LogP) is 3.08. The number of fused-ring (bicyclic) bond motifs is 5. The third-order valence-corrected chi connectivity index (χ3v) is 5.30. The fourth-order valence-corrected chi connectivity index (χ4v) is 4.36. The van der Waals surface area contributed by atoms with Crippen molar-refractivity contribution in [2.45, 2.75) is 10.9 Å². The van der Waals surface area contributed by atoms with Gasteiger partial charge in [0, 0.05) is 10.5 Å². The van der Waals surface area contributed by atoms with Gasteiger partial charge in [0.25, 0.3) is 5.91 Å². The minimum Gasteiger partial charge on any atom is -0.465 e. The van der Waals surface area contributed by atoms with Crippen LogP contribution >= 0.6 is 11.8 Å². The molecule has 0 N–H and O–H groups in total. The summed E-state index contributed by atoms with van der Waals surface area (Å²) in [6, 6.07) is 13.2. The van der Waals surface area contributed by atoms with Crippen molar-refractivity contribution in [3.63, 3.8) is 0 Å². The van der Waals surface area contributed by atoms with Gasteiger partial charge in [-0.2, -0.15) is 0 Å². The zero-order valence-corrected chi connectivity index (χ0v) is 12.7. The lowest BCUT2D eigenvalue weighted by Crippen LogP contribution is -2.32. The number of carbonyl (C=O) groups is 2. The highest BCUT2D eigenvalue weighted by Gasteiger charge is 2.41. The van der Waals surface area contributed by atoms with Crippen LogP contribution in [-0.4, -0.2) is 29.8 Å². The van der Waals surface area contributed by atoms with Crippen LogP contribution in [0, 0.1) is 0 Å². The maximum absolute atomic E-state index is 12.5. The Morgan fingerprint density at radius 2 is 1.95 bits per heavy atom. The van der Waals surface area contributed by atoms with Crippen LogP contribution in [0.5, 0.6) is 0 Å². The minimum absolute atomic E-state index is 0.0576. The van der Waals surface area contributed by atoms with Crippen LogP contribution in [0.15, 0.2) is 47.4 Å². The van der Waals surface area contributed by atoms with Gasteiger partial charge in [-0.25, -0.2) is 4.79 Å². The molecule has 0 aliphatic carbocycles. The molecule has 22 heavy (non-hydrogen) atoms. The van der Waals surface area contributed by atoms with Crippen molar-refractivity contribution in [2.75, 3.05) is 13.0 Å². The zero-order valence-electron chi connectivity index (χ0n) is 11.9. The first kappa shape index (κ1) is 13.4. The van der Waals surface area contributed by atoms with E-state index < -0.39 is 0 Å². The summed E-state index contributed by atoms with van der Waals surface area (Å²) in [6.07, 6.45) is 0. The molecular weight excluding hydrogens is 298 g/mol. The predicted molar refractivity (Wildman–Crippen MR) is 83.0 cm³/mol. The van der Waals surface area contributed by atoms with Gasteiger partial charge in [0.2, 0.25) is 0 Å². The van der Waals surface area contributed by atoms with E-state index in [4.69, 9.17) is 4.74 Å². The second-order valence-corrected chi connectivity index (χ2v) is 6.21. The van der Waals surface area contributed by atoms with E-state index in [1.165, 1.54) is 18.9 Å². The molecule has 2 aliphatic rings. The number of benzene rings is 2. The molecule has 0 saturated heterocycles. The van der Waals surface area contributed by atoms with Gasteiger partial charge in [-0.1, -0.05) is 30.3 Å². The van der Waals surface area contributed by atoms with Gasteiger partial charge < -0.3 is 9.64 Å². The fourth-order valence-electron chi connectivity index (χ4n) is 3.17. The Balaban J connectivity index is 1.92. The average Bonchev–Trinajstić information content (AvgIpc) is 2.87. The highest BCUT2D eigenvalue weighted by molar-refractivity contribution is 7.99. The number of rotatable bonds is 1. The number of carbonyl (C=O) groups excluding carboxylic acids is 2. The molecule has 0 bridgehead atoms. The van der Waals surface area contributed by atoms with Crippen molar-refractivity contribution in [3.05, 3.63) is 64.7 Å². The molecule has 2 aromatic rings. The van der Waals surface area contributed by atoms with Crippen LogP contribution in [0.4, 0.5) is 0 Å². The number of ether oxygens (including phenoxy) is 1. The van der Waals surface area contributed by atoms with Crippen molar-refractivity contribution >= 4 is 23.6 Å². The molecule has 0 aromatic heterocycles. The third kappa shape index (κ3) is 1.72. The van der Waals surface area contributed by atoms with E-state index in [-0.39, 0.29) is 17.9 Å². The lowest BCUT2D eigenvalue weighted by molar-refractivity contribution is 0.0596. The molecule has 4 nitrogen and oxygen atoms in total. The normalized spacial score (nSPS) is 18.5. The number of thioether (sulfide) groups is 1. The molecule has 5 heteroatoms. The first-order chi connectivity index (χ1) is 10.7. The van der Waals surface area contributed by atoms with Crippen LogP contribution in [-0.2, 0) is 4.74 Å². The van der Waals surface area contributed by atoms with Gasteiger partial charge in [0.15, 0.2) is 0 Å². The number of amides is 1. The Morgan fingerprint density at radius 1 is 1.18 bits per heavy atom. The lowest BCUT2D eigenvalue weighted by atomic mass is 9.96. The molecule has 1 unspecified atom stereocenters. The second-order valence-electron chi connectivity index (χ2n) is 5.25. The Labute approximate surface area is 132 Å². The number of hydrogen-bond donors (Lipinski definition) is 0. The summed E-state index contributed by atoms with van der Waals surface area (Å²) in [7, 11) is 1.38. The van der Waals surface area contributed by atoms with E-state index in [9.17, 15) is 9.59 Å². The molecule has 0 saturated carbocycles. The summed E-state index contributed by atoms with van der Waals surface area (Å²) in [6.45, 7) is 0. The highest BCUT2D eigenvalue weighted by atomic mass is 32.2. The quantitative estimate of drug-likeness (QED) is 0.759. The third-order valence-electron chi connectivity index (χ3n) is 4.15. The van der Waals surface area contributed by atoms with Gasteiger partial charge in [0.1, 0.15) is 0 Å². The van der Waals surface area contributed by atoms with Gasteiger partial charge >= 0.3 is 5.97 Å². The number of esters is 1. The molecule has 1 amide bonds. The van der Waals surface area contributed by atoms with Crippen LogP contribution in [0.3, 0.4) is 0 Å². The number of methoxy groups -OCH3 is 1. The largest absolute Gasteiger partial charge is 0.465 e. The van der Waals surface area contributed by atoms with Crippen molar-refractivity contribution in [1.29, 1.82) is 0 Å². The van der Waals surface area contributed by atoms with Crippen LogP contribution in [0.25, 0.3) is 0 Å². The number of hydrogen-bond acceptors (Lipinski definition) is 4. The van der Waals surface area contributed by atoms with Gasteiger partial charge in [-0.3, -0.25) is 4.79 Å². The van der Waals surface area contributed by atoms with Gasteiger partial charge in [-0.05, 0) is 23.3 Å². The summed E-state index contributed by atoms with van der Waals surface area (Å²) in [5.74, 6) is 0.261. The highest BCUT2D eigenvalue weighted by Crippen LogP contribution is 2.47. The van der Waals surface area contributed by atoms with E-state index in [0.29, 0.717) is 11.4 Å². The summed E-state index contributed by atoms with van der Waals surface area (Å²) in [5.41, 5.74) is 3.33. The maximum Gasteiger partial charge on any atom is 0.339 e. The van der Waals surface area contributed by atoms with E-state index in [1.807, 2.05) is 41.3 Å². The zero-order chi connectivity index (χ0) is 15.3. The molecule has 0 fully saturated rings. The van der Waals surface area contributed by atoms with Crippen molar-refractivity contribution < 1.29 is 14.3 Å². The van der Waals surface area contributed by atoms with E-state index >= 15 is 0 Å². The smallest absolute Gasteiger partial charge is 0.339 e. The Hall–Kier alpha value is -2.27. The second kappa shape index (κ2) is 4.88. The Morgan fingerprint density at radius 3 is 2.77 bits per heavy atom. The van der Waals surface area contributed by atoms with Crippen LogP contribution in [0.1, 0.15) is 37.9 Å². The van der Waals surface area contributed by atoms with Crippen molar-refractivity contribution in [2.24, 2.45) is 0 Å². The number of nitrogens with zero attached hydrogens (tertiary/aromatic N) is 1. The maximum atomic E-state index is 12.5. The summed E-state index contributed by atoms with van der Waals surface area (Å²) < 4.78 is 4.87. The molecule has 2 heterocycles. The lowest BCUT2D eigenvalue weighted by Gasteiger charge is -2.32. The monoisotopic (exact) mass is 311 g/mol. The van der Waals surface area contributed by atoms with Crippen molar-refractivity contribution in [3.8, 4) is 0 Å². The molecule has 2 aliphatic heterocycles. The summed E-state index contributed by atoms with van der Waals surface area (Å²) in [5, 5.41) is 0. The van der Waals surface area contributed by atoms with E-state index in [2.05, 4.69) is 0 Å². The first-order valence-electron chi connectivity index (χ1n) is 6.96. The van der Waals surface area contributed by atoms with Crippen LogP contribution in [0.2, 0.25) is 0 Å². The Kier molecular flexibility index (Phi) is 2.97. The van der Waals surface area contributed by atoms with E-state index in [0.717, 1.165) is 21.6 Å². The van der Waals surface area contributed by atoms with Crippen LogP contribution < -0.4 is 0 Å². The molecule has 0 spiro atoms. The molecule has 0 radical (unpaired) electrons. The van der Waals surface area contributed by atoms with Gasteiger partial charge in [0.05, 0.1) is 24.6 Å². The van der Waals surface area contributed by atoms with Gasteiger partial charge in [-0.15, -0.1) is 11.8 Å². The van der Waals surface area contributed by atoms with Crippen molar-refractivity contribution in [1.82, 2.24) is 4.90 Å². The average molecular weight is 311 g/mol. The topological polar surface area (TPSA) is 46.6 Å². The standard InChI is InChI=1S/C17H13NO3S/c1-21-17(20)13-8-4-7-12-14-10-5-2-3-6-11(10)16(19)18(14)9-22-15(12)13/h2-8,14H,9H2,1H3. The Bertz CT molecular complexity index is 802. The summed E-state index contributed by atoms with van der Waals surface area (Å²) >= 11 is 1.51. The SMILES string of the molecule is COC(=O)c1cccc2c1SCN1C(=O)c3ccccc3C21. The molecule has 2 aromatic carbocycles. The molecule has 110 valence electrons. The molecule has 4 rings (SSSR count). The molecular formula is C17H13NO3S. The fraction of sp³-hybridized carbons (Fsp3) is 0.176. The minimum atomic E-state index is -0.338. The summed E-state index contributed by atoms with van der Waals surface area (Å²) in [4.78, 5) is 27.3. The van der Waals surface area contributed by atoms with E-state index in [1.54, 1.807) is 6.07 Å². The first-order valence-corrected chi connectivity index (χ1v) is 7.95. The molecule has 1 atom stereocenters.